The van der Waals surface area contributed by atoms with E-state index in [9.17, 15) is 0 Å². The van der Waals surface area contributed by atoms with Crippen LogP contribution in [-0.2, 0) is 18.3 Å². The summed E-state index contributed by atoms with van der Waals surface area (Å²) in [6.45, 7) is 4.73. The van der Waals surface area contributed by atoms with E-state index in [1.54, 1.807) is 0 Å². The number of rotatable bonds is 4. The van der Waals surface area contributed by atoms with Crippen LogP contribution in [0, 0.1) is 11.3 Å². The van der Waals surface area contributed by atoms with E-state index in [2.05, 4.69) is 54.1 Å². The first-order valence-corrected chi connectivity index (χ1v) is 9.39. The van der Waals surface area contributed by atoms with Gasteiger partial charge in [-0.3, -0.25) is 4.99 Å². The molecule has 1 aromatic heterocycles. The lowest BCUT2D eigenvalue weighted by Gasteiger charge is -2.63. The van der Waals surface area contributed by atoms with Gasteiger partial charge in [0.2, 0.25) is 0 Å². The van der Waals surface area contributed by atoms with Crippen molar-refractivity contribution in [3.63, 3.8) is 0 Å². The maximum Gasteiger partial charge on any atom is 0.194 e. The van der Waals surface area contributed by atoms with Crippen LogP contribution in [0.15, 0.2) is 23.3 Å². The molecular formula is C19H31IN4O. The molecule has 3 unspecified atom stereocenters. The summed E-state index contributed by atoms with van der Waals surface area (Å²) in [5.74, 6) is 1.72. The van der Waals surface area contributed by atoms with Crippen molar-refractivity contribution in [3.05, 3.63) is 24.0 Å². The number of aromatic nitrogens is 1. The van der Waals surface area contributed by atoms with Gasteiger partial charge in [0.15, 0.2) is 5.96 Å². The van der Waals surface area contributed by atoms with E-state index in [0.717, 1.165) is 25.7 Å². The van der Waals surface area contributed by atoms with Gasteiger partial charge in [0, 0.05) is 56.5 Å². The van der Waals surface area contributed by atoms with Crippen LogP contribution in [0.1, 0.15) is 38.3 Å². The molecule has 0 radical (unpaired) electrons. The molecule has 4 rings (SSSR count). The number of fused-ring (bicyclic) bond motifs is 2. The van der Waals surface area contributed by atoms with E-state index in [1.807, 2.05) is 0 Å². The molecule has 1 aromatic rings. The lowest BCUT2D eigenvalue weighted by Crippen LogP contribution is -2.72. The number of nitrogens with zero attached hydrogens (tertiary/aromatic N) is 3. The van der Waals surface area contributed by atoms with Crippen molar-refractivity contribution in [2.24, 2.45) is 23.4 Å². The Balaban J connectivity index is 0.00000182. The van der Waals surface area contributed by atoms with Crippen LogP contribution in [0.4, 0.5) is 0 Å². The molecule has 5 nitrogen and oxygen atoms in total. The Kier molecular flexibility index (Phi) is 5.68. The monoisotopic (exact) mass is 458 g/mol. The van der Waals surface area contributed by atoms with Gasteiger partial charge in [0.05, 0.1) is 12.6 Å². The Morgan fingerprint density at radius 1 is 1.48 bits per heavy atom. The van der Waals surface area contributed by atoms with Crippen LogP contribution in [0.25, 0.3) is 0 Å². The molecule has 1 N–H and O–H groups in total. The minimum atomic E-state index is 0. The summed E-state index contributed by atoms with van der Waals surface area (Å²) in [4.78, 5) is 7.03. The summed E-state index contributed by atoms with van der Waals surface area (Å²) < 4.78 is 8.22. The van der Waals surface area contributed by atoms with E-state index >= 15 is 0 Å². The second-order valence-corrected chi connectivity index (χ2v) is 7.72. The van der Waals surface area contributed by atoms with Crippen LogP contribution < -0.4 is 5.32 Å². The lowest BCUT2D eigenvalue weighted by atomic mass is 9.46. The topological polar surface area (TPSA) is 41.8 Å². The third-order valence-corrected chi connectivity index (χ3v) is 6.44. The normalized spacial score (nSPS) is 29.4. The molecule has 25 heavy (non-hydrogen) atoms. The zero-order chi connectivity index (χ0) is 16.7. The molecule has 2 aliphatic carbocycles. The standard InChI is InChI=1S/C19H30N4O.HI/c1-4-20-18(23(3)13-14-7-5-11-22(14)2)21-16-15-8-12-24-17(15)19(16)9-6-10-19;/h5,7,11,15-17H,4,6,8-10,12-13H2,1-3H3,(H,20,21);1H. The number of halogens is 1. The number of hydrogen-bond acceptors (Lipinski definition) is 2. The van der Waals surface area contributed by atoms with Gasteiger partial charge in [-0.05, 0) is 38.3 Å². The van der Waals surface area contributed by atoms with Crippen molar-refractivity contribution in [1.82, 2.24) is 14.8 Å². The third kappa shape index (κ3) is 3.09. The highest BCUT2D eigenvalue weighted by atomic mass is 127. The van der Waals surface area contributed by atoms with Crippen molar-refractivity contribution in [2.45, 2.75) is 51.3 Å². The summed E-state index contributed by atoms with van der Waals surface area (Å²) >= 11 is 0. The van der Waals surface area contributed by atoms with Gasteiger partial charge in [-0.1, -0.05) is 6.42 Å². The van der Waals surface area contributed by atoms with Crippen molar-refractivity contribution in [1.29, 1.82) is 0 Å². The predicted octanol–water partition coefficient (Wildman–Crippen LogP) is 3.00. The van der Waals surface area contributed by atoms with Crippen molar-refractivity contribution >= 4 is 29.9 Å². The van der Waals surface area contributed by atoms with Gasteiger partial charge in [0.25, 0.3) is 0 Å². The van der Waals surface area contributed by atoms with Crippen LogP contribution in [0.5, 0.6) is 0 Å². The summed E-state index contributed by atoms with van der Waals surface area (Å²) in [5.41, 5.74) is 1.69. The maximum atomic E-state index is 6.05. The van der Waals surface area contributed by atoms with Gasteiger partial charge >= 0.3 is 0 Å². The number of guanidine groups is 1. The fourth-order valence-electron chi connectivity index (χ4n) is 5.00. The van der Waals surface area contributed by atoms with E-state index < -0.39 is 0 Å². The van der Waals surface area contributed by atoms with Crippen molar-refractivity contribution < 1.29 is 4.74 Å². The van der Waals surface area contributed by atoms with Gasteiger partial charge in [0.1, 0.15) is 0 Å². The molecule has 3 aliphatic rings. The second kappa shape index (κ2) is 7.47. The summed E-state index contributed by atoms with van der Waals surface area (Å²) in [5, 5.41) is 3.84. The molecule has 0 amide bonds. The summed E-state index contributed by atoms with van der Waals surface area (Å²) in [6, 6.07) is 4.82. The van der Waals surface area contributed by atoms with E-state index in [4.69, 9.17) is 9.73 Å². The lowest BCUT2D eigenvalue weighted by molar-refractivity contribution is -0.171. The zero-order valence-corrected chi connectivity index (χ0v) is 17.9. The molecule has 1 aliphatic heterocycles. The minimum absolute atomic E-state index is 0. The van der Waals surface area contributed by atoms with Gasteiger partial charge in [-0.15, -0.1) is 24.0 Å². The SMILES string of the molecule is CCN=C(NC1C2CCOC2C12CCC2)N(C)Cc1cccn1C.I. The van der Waals surface area contributed by atoms with Gasteiger partial charge in [-0.2, -0.15) is 0 Å². The smallest absolute Gasteiger partial charge is 0.194 e. The molecule has 0 aromatic carbocycles. The van der Waals surface area contributed by atoms with Crippen LogP contribution >= 0.6 is 24.0 Å². The Hall–Kier alpha value is -0.760. The second-order valence-electron chi connectivity index (χ2n) is 7.72. The van der Waals surface area contributed by atoms with E-state index in [1.165, 1.54) is 31.4 Å². The highest BCUT2D eigenvalue weighted by Gasteiger charge is 2.66. The third-order valence-electron chi connectivity index (χ3n) is 6.44. The Labute approximate surface area is 168 Å². The number of ether oxygens (including phenoxy) is 1. The number of aliphatic imine (C=N–C) groups is 1. The predicted molar refractivity (Wildman–Crippen MR) is 111 cm³/mol. The summed E-state index contributed by atoms with van der Waals surface area (Å²) in [6.07, 6.45) is 7.78. The number of hydrogen-bond donors (Lipinski definition) is 1. The fraction of sp³-hybridized carbons (Fsp3) is 0.737. The molecule has 6 heteroatoms. The first kappa shape index (κ1) is 19.0. The van der Waals surface area contributed by atoms with Gasteiger partial charge in [-0.25, -0.2) is 0 Å². The quantitative estimate of drug-likeness (QED) is 0.429. The molecule has 3 fully saturated rings. The average Bonchev–Trinajstić information content (AvgIpc) is 3.10. The Morgan fingerprint density at radius 2 is 2.28 bits per heavy atom. The fourth-order valence-corrected chi connectivity index (χ4v) is 5.00. The first-order chi connectivity index (χ1) is 11.7. The highest BCUT2D eigenvalue weighted by Crippen LogP contribution is 2.62. The minimum Gasteiger partial charge on any atom is -0.377 e. The molecule has 1 spiro atoms. The van der Waals surface area contributed by atoms with E-state index in [-0.39, 0.29) is 24.0 Å². The largest absolute Gasteiger partial charge is 0.377 e. The zero-order valence-electron chi connectivity index (χ0n) is 15.6. The maximum absolute atomic E-state index is 6.05. The molecule has 140 valence electrons. The molecule has 1 saturated heterocycles. The molecule has 2 saturated carbocycles. The molecule has 0 bridgehead atoms. The van der Waals surface area contributed by atoms with Crippen LogP contribution in [-0.4, -0.2) is 47.8 Å². The Bertz CT molecular complexity index is 625. The molecule has 2 heterocycles. The number of aryl methyl sites for hydroxylation is 1. The first-order valence-electron chi connectivity index (χ1n) is 9.39. The van der Waals surface area contributed by atoms with Crippen molar-refractivity contribution in [2.75, 3.05) is 20.2 Å². The Morgan fingerprint density at radius 3 is 2.88 bits per heavy atom. The van der Waals surface area contributed by atoms with Gasteiger partial charge < -0.3 is 19.5 Å². The molecular weight excluding hydrogens is 427 g/mol. The van der Waals surface area contributed by atoms with Crippen LogP contribution in [0.2, 0.25) is 0 Å². The van der Waals surface area contributed by atoms with Crippen molar-refractivity contribution in [3.8, 4) is 0 Å². The summed E-state index contributed by atoms with van der Waals surface area (Å²) in [7, 11) is 4.24. The highest BCUT2D eigenvalue weighted by molar-refractivity contribution is 14.0. The average molecular weight is 458 g/mol. The molecule has 3 atom stereocenters. The number of nitrogens with one attached hydrogen (secondary N) is 1. The van der Waals surface area contributed by atoms with E-state index in [0.29, 0.717) is 23.5 Å². The van der Waals surface area contributed by atoms with Crippen LogP contribution in [0.3, 0.4) is 0 Å².